The zero-order valence-electron chi connectivity index (χ0n) is 13.1. The van der Waals surface area contributed by atoms with E-state index in [4.69, 9.17) is 0 Å². The highest BCUT2D eigenvalue weighted by Gasteiger charge is 2.25. The molecule has 0 aliphatic carbocycles. The molecule has 1 aromatic heterocycles. The van der Waals surface area contributed by atoms with Gasteiger partial charge in [0, 0.05) is 31.5 Å². The number of nitrogens with one attached hydrogen (secondary N) is 1. The Kier molecular flexibility index (Phi) is 4.24. The Bertz CT molecular complexity index is 651. The van der Waals surface area contributed by atoms with Crippen LogP contribution in [-0.2, 0) is 0 Å². The van der Waals surface area contributed by atoms with Crippen molar-refractivity contribution in [3.63, 3.8) is 0 Å². The van der Waals surface area contributed by atoms with Gasteiger partial charge in [-0.1, -0.05) is 11.6 Å². The topological polar surface area (TPSA) is 50.2 Å². The third-order valence-electron chi connectivity index (χ3n) is 4.19. The van der Waals surface area contributed by atoms with Crippen LogP contribution in [0, 0.1) is 6.92 Å². The lowest BCUT2D eigenvalue weighted by Gasteiger charge is -2.27. The molecule has 0 bridgehead atoms. The molecule has 5 nitrogen and oxygen atoms in total. The van der Waals surface area contributed by atoms with Crippen molar-refractivity contribution in [3.8, 4) is 5.69 Å². The third-order valence-corrected chi connectivity index (χ3v) is 4.19. The first-order valence-corrected chi connectivity index (χ1v) is 7.79. The molecule has 1 aliphatic heterocycles. The molecule has 0 spiro atoms. The largest absolute Gasteiger partial charge is 0.335 e. The van der Waals surface area contributed by atoms with Crippen LogP contribution in [0.3, 0.4) is 0 Å². The number of rotatable bonds is 2. The highest BCUT2D eigenvalue weighted by Crippen LogP contribution is 2.20. The number of aromatic nitrogens is 2. The molecule has 2 aromatic rings. The first kappa shape index (κ1) is 14.8. The van der Waals surface area contributed by atoms with Gasteiger partial charge in [0.15, 0.2) is 0 Å². The van der Waals surface area contributed by atoms with Gasteiger partial charge in [0.25, 0.3) is 5.91 Å². The zero-order chi connectivity index (χ0) is 15.5. The van der Waals surface area contributed by atoms with Gasteiger partial charge in [-0.05, 0) is 45.0 Å². The van der Waals surface area contributed by atoms with E-state index in [-0.39, 0.29) is 11.9 Å². The maximum atomic E-state index is 13.1. The molecule has 0 radical (unpaired) electrons. The van der Waals surface area contributed by atoms with Gasteiger partial charge in [-0.3, -0.25) is 4.79 Å². The summed E-state index contributed by atoms with van der Waals surface area (Å²) in [5, 5.41) is 7.63. The van der Waals surface area contributed by atoms with Crippen molar-refractivity contribution in [1.29, 1.82) is 0 Å². The Morgan fingerprint density at radius 1 is 1.36 bits per heavy atom. The molecule has 1 aliphatic rings. The van der Waals surface area contributed by atoms with Crippen LogP contribution in [0.5, 0.6) is 0 Å². The normalized spacial score (nSPS) is 19.0. The monoisotopic (exact) mass is 298 g/mol. The molecule has 1 atom stereocenters. The molecule has 116 valence electrons. The van der Waals surface area contributed by atoms with Gasteiger partial charge in [-0.25, -0.2) is 4.68 Å². The van der Waals surface area contributed by atoms with Crippen LogP contribution in [0.4, 0.5) is 0 Å². The van der Waals surface area contributed by atoms with E-state index < -0.39 is 0 Å². The molecule has 1 fully saturated rings. The highest BCUT2D eigenvalue weighted by molar-refractivity contribution is 5.98. The summed E-state index contributed by atoms with van der Waals surface area (Å²) in [4.78, 5) is 15.1. The van der Waals surface area contributed by atoms with E-state index in [1.165, 1.54) is 0 Å². The molecule has 2 heterocycles. The van der Waals surface area contributed by atoms with E-state index in [1.807, 2.05) is 42.3 Å². The second-order valence-electron chi connectivity index (χ2n) is 5.86. The molecule has 22 heavy (non-hydrogen) atoms. The van der Waals surface area contributed by atoms with Crippen molar-refractivity contribution in [1.82, 2.24) is 20.0 Å². The fraction of sp³-hybridized carbons (Fsp3) is 0.412. The summed E-state index contributed by atoms with van der Waals surface area (Å²) in [5.74, 6) is 0.0883. The summed E-state index contributed by atoms with van der Waals surface area (Å²) < 4.78 is 1.76. The molecule has 1 N–H and O–H groups in total. The van der Waals surface area contributed by atoms with Crippen molar-refractivity contribution in [2.45, 2.75) is 26.3 Å². The van der Waals surface area contributed by atoms with E-state index in [0.717, 1.165) is 42.9 Å². The summed E-state index contributed by atoms with van der Waals surface area (Å²) in [5.41, 5.74) is 2.64. The SMILES string of the molecule is Cc1ccc(-n2cccn2)c(C(=O)N2CCNCC[C@H]2C)c1. The Labute approximate surface area is 130 Å². The fourth-order valence-corrected chi connectivity index (χ4v) is 2.90. The van der Waals surface area contributed by atoms with Crippen LogP contribution in [0.25, 0.3) is 5.69 Å². The standard InChI is InChI=1S/C17H22N4O/c1-13-4-5-16(21-10-3-7-19-21)15(12-13)17(22)20-11-9-18-8-6-14(20)2/h3-5,7,10,12,14,18H,6,8-9,11H2,1-2H3/t14-/m1/s1. The predicted octanol–water partition coefficient (Wildman–Crippen LogP) is 2.00. The molecule has 1 saturated heterocycles. The maximum Gasteiger partial charge on any atom is 0.256 e. The first-order chi connectivity index (χ1) is 10.7. The van der Waals surface area contributed by atoms with Crippen molar-refractivity contribution >= 4 is 5.91 Å². The number of carbonyl (C=O) groups is 1. The molecule has 5 heteroatoms. The Balaban J connectivity index is 1.99. The van der Waals surface area contributed by atoms with Gasteiger partial charge in [-0.2, -0.15) is 5.10 Å². The number of hydrogen-bond acceptors (Lipinski definition) is 3. The van der Waals surface area contributed by atoms with E-state index >= 15 is 0 Å². The minimum absolute atomic E-state index is 0.0883. The van der Waals surface area contributed by atoms with E-state index in [9.17, 15) is 4.79 Å². The number of aryl methyl sites for hydroxylation is 1. The Morgan fingerprint density at radius 3 is 3.00 bits per heavy atom. The second-order valence-corrected chi connectivity index (χ2v) is 5.86. The van der Waals surface area contributed by atoms with E-state index in [0.29, 0.717) is 0 Å². The molecule has 3 rings (SSSR count). The summed E-state index contributed by atoms with van der Waals surface area (Å²) in [6, 6.07) is 8.06. The van der Waals surface area contributed by atoms with Crippen molar-refractivity contribution in [2.24, 2.45) is 0 Å². The van der Waals surface area contributed by atoms with Gasteiger partial charge in [0.2, 0.25) is 0 Å². The Hall–Kier alpha value is -2.14. The maximum absolute atomic E-state index is 13.1. The van der Waals surface area contributed by atoms with Crippen LogP contribution in [0.2, 0.25) is 0 Å². The lowest BCUT2D eigenvalue weighted by molar-refractivity contribution is 0.0704. The van der Waals surface area contributed by atoms with Crippen LogP contribution in [0.15, 0.2) is 36.7 Å². The minimum Gasteiger partial charge on any atom is -0.335 e. The van der Waals surface area contributed by atoms with Crippen LogP contribution < -0.4 is 5.32 Å². The van der Waals surface area contributed by atoms with Gasteiger partial charge in [0.05, 0.1) is 11.3 Å². The first-order valence-electron chi connectivity index (χ1n) is 7.79. The summed E-state index contributed by atoms with van der Waals surface area (Å²) >= 11 is 0. The van der Waals surface area contributed by atoms with Gasteiger partial charge >= 0.3 is 0 Å². The number of amides is 1. The zero-order valence-corrected chi connectivity index (χ0v) is 13.1. The Morgan fingerprint density at radius 2 is 2.23 bits per heavy atom. The quantitative estimate of drug-likeness (QED) is 0.922. The smallest absolute Gasteiger partial charge is 0.256 e. The van der Waals surface area contributed by atoms with E-state index in [2.05, 4.69) is 17.3 Å². The lowest BCUT2D eigenvalue weighted by Crippen LogP contribution is -2.40. The number of benzene rings is 1. The molecule has 1 aromatic carbocycles. The average molecular weight is 298 g/mol. The van der Waals surface area contributed by atoms with Crippen molar-refractivity contribution in [2.75, 3.05) is 19.6 Å². The molecule has 1 amide bonds. The molecule has 0 saturated carbocycles. The average Bonchev–Trinajstić information content (AvgIpc) is 2.95. The van der Waals surface area contributed by atoms with Crippen LogP contribution in [0.1, 0.15) is 29.3 Å². The summed E-state index contributed by atoms with van der Waals surface area (Å²) in [6.07, 6.45) is 4.58. The minimum atomic E-state index is 0.0883. The van der Waals surface area contributed by atoms with Crippen LogP contribution >= 0.6 is 0 Å². The van der Waals surface area contributed by atoms with Gasteiger partial charge < -0.3 is 10.2 Å². The highest BCUT2D eigenvalue weighted by atomic mass is 16.2. The third kappa shape index (κ3) is 2.90. The van der Waals surface area contributed by atoms with Crippen molar-refractivity contribution < 1.29 is 4.79 Å². The van der Waals surface area contributed by atoms with Gasteiger partial charge in [0.1, 0.15) is 0 Å². The second kappa shape index (κ2) is 6.32. The lowest BCUT2D eigenvalue weighted by atomic mass is 10.1. The summed E-state index contributed by atoms with van der Waals surface area (Å²) in [7, 11) is 0. The molecular formula is C17H22N4O. The number of nitrogens with zero attached hydrogens (tertiary/aromatic N) is 3. The number of carbonyl (C=O) groups excluding carboxylic acids is 1. The van der Waals surface area contributed by atoms with Gasteiger partial charge in [-0.15, -0.1) is 0 Å². The van der Waals surface area contributed by atoms with E-state index in [1.54, 1.807) is 10.9 Å². The van der Waals surface area contributed by atoms with Crippen LogP contribution in [-0.4, -0.2) is 46.3 Å². The fourth-order valence-electron chi connectivity index (χ4n) is 2.90. The molecule has 0 unspecified atom stereocenters. The van der Waals surface area contributed by atoms with Crippen molar-refractivity contribution in [3.05, 3.63) is 47.8 Å². The molecular weight excluding hydrogens is 276 g/mol. The summed E-state index contributed by atoms with van der Waals surface area (Å²) in [6.45, 7) is 6.68. The predicted molar refractivity (Wildman–Crippen MR) is 86.3 cm³/mol. The number of hydrogen-bond donors (Lipinski definition) is 1.